The van der Waals surface area contributed by atoms with Gasteiger partial charge in [-0.2, -0.15) is 35.9 Å². The van der Waals surface area contributed by atoms with Crippen LogP contribution in [0.5, 0.6) is 0 Å². The maximum Gasteiger partial charge on any atom is 0.0585 e. The molecule has 1 saturated carbocycles. The zero-order valence-corrected chi connectivity index (χ0v) is 19.4. The molecule has 1 nitrogen and oxygen atoms in total. The molecule has 2 aromatic rings. The van der Waals surface area contributed by atoms with Crippen molar-refractivity contribution in [1.29, 1.82) is 0 Å². The van der Waals surface area contributed by atoms with Gasteiger partial charge in [0.15, 0.2) is 0 Å². The van der Waals surface area contributed by atoms with E-state index in [-0.39, 0.29) is 44.2 Å². The normalized spacial score (nSPS) is 25.1. The first-order valence-electron chi connectivity index (χ1n) is 9.38. The van der Waals surface area contributed by atoms with E-state index >= 15 is 0 Å². The minimum absolute atomic E-state index is 0. The van der Waals surface area contributed by atoms with Crippen LogP contribution in [0.1, 0.15) is 41.5 Å². The summed E-state index contributed by atoms with van der Waals surface area (Å²) in [6.07, 6.45) is 4.58. The van der Waals surface area contributed by atoms with Crippen molar-refractivity contribution in [3.8, 4) is 0 Å². The maximum atomic E-state index is 10.5. The number of aliphatic hydroxyl groups is 1. The van der Waals surface area contributed by atoms with Gasteiger partial charge in [-0.25, -0.2) is 0 Å². The standard InChI is InChI=1S/C23H28ClO.Y/c1-16-7-6-10-19(17(16)2)12-14-20-21(23(25)15-22(20)24)13-11-18-8-4-3-5-9-18;/h4-10,20-23,25H,11-15H2,1-2H3;/q-1;/t20-,21-,22?,23?;/m1./s1. The van der Waals surface area contributed by atoms with Crippen LogP contribution in [0.25, 0.3) is 0 Å². The number of aliphatic hydroxyl groups excluding tert-OH is 1. The van der Waals surface area contributed by atoms with E-state index in [9.17, 15) is 5.11 Å². The molecule has 0 amide bonds. The largest absolute Gasteiger partial charge is 0.393 e. The van der Waals surface area contributed by atoms with Crippen LogP contribution in [0.2, 0.25) is 0 Å². The van der Waals surface area contributed by atoms with Gasteiger partial charge in [-0.15, -0.1) is 11.6 Å². The predicted octanol–water partition coefficient (Wildman–Crippen LogP) is 5.27. The van der Waals surface area contributed by atoms with E-state index in [2.05, 4.69) is 50.2 Å². The number of aryl methyl sites for hydroxylation is 3. The molecule has 2 unspecified atom stereocenters. The van der Waals surface area contributed by atoms with Crippen molar-refractivity contribution in [2.75, 3.05) is 0 Å². The summed E-state index contributed by atoms with van der Waals surface area (Å²) in [5.41, 5.74) is 5.48. The smallest absolute Gasteiger partial charge is 0.0585 e. The summed E-state index contributed by atoms with van der Waals surface area (Å²) in [5.74, 6) is 0.698. The Hall–Kier alpha value is -0.206. The predicted molar refractivity (Wildman–Crippen MR) is 105 cm³/mol. The van der Waals surface area contributed by atoms with E-state index in [1.54, 1.807) is 0 Å². The molecule has 1 aliphatic carbocycles. The molecule has 0 aromatic heterocycles. The van der Waals surface area contributed by atoms with Gasteiger partial charge in [0, 0.05) is 38.1 Å². The minimum Gasteiger partial charge on any atom is -0.393 e. The summed E-state index contributed by atoms with van der Waals surface area (Å²) >= 11 is 6.62. The van der Waals surface area contributed by atoms with Gasteiger partial charge in [0.2, 0.25) is 0 Å². The topological polar surface area (TPSA) is 20.2 Å². The first-order chi connectivity index (χ1) is 12.1. The second kappa shape index (κ2) is 10.4. The van der Waals surface area contributed by atoms with Crippen LogP contribution >= 0.6 is 11.6 Å². The summed E-state index contributed by atoms with van der Waals surface area (Å²) < 4.78 is 0. The zero-order chi connectivity index (χ0) is 17.8. The Balaban J connectivity index is 0.00000243. The van der Waals surface area contributed by atoms with E-state index in [1.165, 1.54) is 22.3 Å². The zero-order valence-electron chi connectivity index (χ0n) is 15.8. The molecule has 3 heteroatoms. The monoisotopic (exact) mass is 444 g/mol. The van der Waals surface area contributed by atoms with Gasteiger partial charge in [-0.3, -0.25) is 0 Å². The third-order valence-electron chi connectivity index (χ3n) is 5.99. The summed E-state index contributed by atoms with van der Waals surface area (Å²) in [4.78, 5) is 0. The van der Waals surface area contributed by atoms with Gasteiger partial charge in [0.25, 0.3) is 0 Å². The van der Waals surface area contributed by atoms with Crippen molar-refractivity contribution in [2.45, 2.75) is 57.4 Å². The first-order valence-corrected chi connectivity index (χ1v) is 9.82. The van der Waals surface area contributed by atoms with Gasteiger partial charge in [0.05, 0.1) is 6.10 Å². The maximum absolute atomic E-state index is 10.5. The van der Waals surface area contributed by atoms with E-state index in [0.29, 0.717) is 11.8 Å². The Morgan fingerprint density at radius 2 is 1.73 bits per heavy atom. The fourth-order valence-electron chi connectivity index (χ4n) is 4.26. The average molecular weight is 445 g/mol. The van der Waals surface area contributed by atoms with Gasteiger partial charge in [-0.05, 0) is 68.1 Å². The fraction of sp³-hybridized carbons (Fsp3) is 0.478. The second-order valence-corrected chi connectivity index (χ2v) is 8.05. The number of benzene rings is 2. The van der Waals surface area contributed by atoms with E-state index in [1.807, 2.05) is 12.1 Å². The summed E-state index contributed by atoms with van der Waals surface area (Å²) in [6.45, 7) is 4.37. The average Bonchev–Trinajstić information content (AvgIpc) is 2.88. The molecular formula is C23H28ClOY-. The van der Waals surface area contributed by atoms with Gasteiger partial charge in [-0.1, -0.05) is 24.6 Å². The van der Waals surface area contributed by atoms with Crippen LogP contribution in [-0.2, 0) is 45.6 Å². The van der Waals surface area contributed by atoms with Crippen LogP contribution in [0.3, 0.4) is 0 Å². The van der Waals surface area contributed by atoms with Crippen molar-refractivity contribution < 1.29 is 37.8 Å². The number of alkyl halides is 1. The second-order valence-electron chi connectivity index (χ2n) is 7.49. The molecule has 26 heavy (non-hydrogen) atoms. The van der Waals surface area contributed by atoms with Crippen molar-refractivity contribution in [3.05, 3.63) is 70.8 Å². The summed E-state index contributed by atoms with van der Waals surface area (Å²) in [6, 6.07) is 17.8. The van der Waals surface area contributed by atoms with Crippen LogP contribution in [0.15, 0.2) is 42.5 Å². The molecule has 0 spiro atoms. The van der Waals surface area contributed by atoms with Crippen LogP contribution in [0.4, 0.5) is 0 Å². The molecule has 1 aliphatic rings. The van der Waals surface area contributed by atoms with E-state index < -0.39 is 0 Å². The third-order valence-corrected chi connectivity index (χ3v) is 6.49. The molecule has 0 bridgehead atoms. The summed E-state index contributed by atoms with van der Waals surface area (Å²) in [7, 11) is 0. The van der Waals surface area contributed by atoms with Crippen molar-refractivity contribution in [1.82, 2.24) is 0 Å². The summed E-state index contributed by atoms with van der Waals surface area (Å²) in [5, 5.41) is 10.6. The Bertz CT molecular complexity index is 688. The van der Waals surface area contributed by atoms with Crippen molar-refractivity contribution in [2.24, 2.45) is 11.8 Å². The van der Waals surface area contributed by atoms with Crippen LogP contribution in [-0.4, -0.2) is 16.6 Å². The molecular weight excluding hydrogens is 417 g/mol. The van der Waals surface area contributed by atoms with Crippen LogP contribution in [0, 0.1) is 31.7 Å². The number of halogens is 1. The van der Waals surface area contributed by atoms with Crippen LogP contribution < -0.4 is 0 Å². The quantitative estimate of drug-likeness (QED) is 0.475. The Morgan fingerprint density at radius 1 is 1.04 bits per heavy atom. The molecule has 2 aromatic carbocycles. The van der Waals surface area contributed by atoms with E-state index in [0.717, 1.165) is 32.1 Å². The van der Waals surface area contributed by atoms with Gasteiger partial charge in [0.1, 0.15) is 0 Å². The number of hydrogen-bond acceptors (Lipinski definition) is 1. The molecule has 4 atom stereocenters. The molecule has 3 rings (SSSR count). The number of hydrogen-bond donors (Lipinski definition) is 1. The Labute approximate surface area is 188 Å². The Morgan fingerprint density at radius 3 is 2.46 bits per heavy atom. The minimum atomic E-state index is -0.263. The molecule has 0 saturated heterocycles. The van der Waals surface area contributed by atoms with Crippen molar-refractivity contribution >= 4 is 11.6 Å². The molecule has 0 aliphatic heterocycles. The molecule has 1 radical (unpaired) electrons. The molecule has 1 fully saturated rings. The van der Waals surface area contributed by atoms with Gasteiger partial charge >= 0.3 is 0 Å². The molecule has 0 heterocycles. The Kier molecular flexibility index (Phi) is 8.81. The molecule has 1 N–H and O–H groups in total. The van der Waals surface area contributed by atoms with Gasteiger partial charge < -0.3 is 5.11 Å². The van der Waals surface area contributed by atoms with Crippen molar-refractivity contribution in [3.63, 3.8) is 0 Å². The van der Waals surface area contributed by atoms with E-state index in [4.69, 9.17) is 11.6 Å². The molecule has 137 valence electrons. The fourth-order valence-corrected chi connectivity index (χ4v) is 4.76. The third kappa shape index (κ3) is 5.41. The SMILES string of the molecule is Cc1cccc(CC[C@H]2C(Cl)CC(O)[C@@H]2CCc2cc[c-]cc2)c1C.[Y]. The first kappa shape index (κ1) is 22.1. The number of rotatable bonds is 6.